The second-order valence-corrected chi connectivity index (χ2v) is 2.45. The summed E-state index contributed by atoms with van der Waals surface area (Å²) < 4.78 is 4.43. The predicted octanol–water partition coefficient (Wildman–Crippen LogP) is 0.441. The average molecular weight is 151 g/mol. The molecule has 0 aromatic carbocycles. The van der Waals surface area contributed by atoms with Gasteiger partial charge in [0.2, 0.25) is 0 Å². The molecule has 0 atom stereocenters. The molecule has 0 spiro atoms. The Bertz CT molecular complexity index is 99.9. The average Bonchev–Trinajstić information content (AvgIpc) is 1.61. The number of hydrogen-bond acceptors (Lipinski definition) is 4. The van der Waals surface area contributed by atoms with E-state index in [2.05, 4.69) is 16.4 Å². The monoisotopic (exact) mass is 151 g/mol. The minimum Gasteiger partial charge on any atom is -0.384 e. The van der Waals surface area contributed by atoms with Crippen LogP contribution in [0.4, 0.5) is 0 Å². The Labute approximate surface area is 56.8 Å². The first-order chi connectivity index (χ1) is 3.63. The zero-order valence-electron chi connectivity index (χ0n) is 4.21. The lowest BCUT2D eigenvalue weighted by Crippen LogP contribution is -2.04. The first kappa shape index (κ1) is 7.71. The van der Waals surface area contributed by atoms with Gasteiger partial charge in [0.25, 0.3) is 0 Å². The van der Waals surface area contributed by atoms with Crippen LogP contribution in [0.3, 0.4) is 0 Å². The Hall–Kier alpha value is -0.290. The Balaban J connectivity index is 3.18. The molecule has 0 aliphatic carbocycles. The number of hydrogen-bond donors (Lipinski definition) is 1. The molecule has 8 heavy (non-hydrogen) atoms. The Kier molecular flexibility index (Phi) is 3.55. The van der Waals surface area contributed by atoms with Gasteiger partial charge in [-0.2, -0.15) is 0 Å². The van der Waals surface area contributed by atoms with E-state index in [4.69, 9.17) is 5.73 Å². The minimum absolute atomic E-state index is 0.111. The zero-order chi connectivity index (χ0) is 6.57. The highest BCUT2D eigenvalue weighted by Crippen LogP contribution is 2.00. The molecular formula is C3H5NO2S2. The highest BCUT2D eigenvalue weighted by molar-refractivity contribution is 8.20. The van der Waals surface area contributed by atoms with Crippen molar-refractivity contribution in [1.29, 1.82) is 0 Å². The maximum absolute atomic E-state index is 9.99. The van der Waals surface area contributed by atoms with Crippen LogP contribution in [0.15, 0.2) is 0 Å². The van der Waals surface area contributed by atoms with Gasteiger partial charge in [0.1, 0.15) is 12.0 Å². The third kappa shape index (κ3) is 5.71. The van der Waals surface area contributed by atoms with Crippen LogP contribution in [-0.4, -0.2) is 10.3 Å². The van der Waals surface area contributed by atoms with Crippen molar-refractivity contribution < 1.29 is 8.98 Å². The second kappa shape index (κ2) is 3.68. The smallest absolute Gasteiger partial charge is 0.315 e. The highest BCUT2D eigenvalue weighted by Gasteiger charge is 1.93. The van der Waals surface area contributed by atoms with Gasteiger partial charge in [-0.1, -0.05) is 0 Å². The van der Waals surface area contributed by atoms with E-state index in [0.717, 1.165) is 0 Å². The summed E-state index contributed by atoms with van der Waals surface area (Å²) in [4.78, 5) is 9.99. The van der Waals surface area contributed by atoms with Gasteiger partial charge in [0.05, 0.1) is 0 Å². The van der Waals surface area contributed by atoms with Gasteiger partial charge in [-0.25, -0.2) is 0 Å². The van der Waals surface area contributed by atoms with Crippen molar-refractivity contribution in [3.63, 3.8) is 0 Å². The fraction of sp³-hybridized carbons (Fsp3) is 0.333. The molecule has 0 aromatic heterocycles. The van der Waals surface area contributed by atoms with Gasteiger partial charge in [-0.15, -0.1) is 0 Å². The first-order valence-electron chi connectivity index (χ1n) is 1.77. The van der Waals surface area contributed by atoms with E-state index in [0.29, 0.717) is 12.0 Å². The molecule has 0 saturated carbocycles. The fourth-order valence-corrected chi connectivity index (χ4v) is 0.401. The lowest BCUT2D eigenvalue weighted by atomic mass is 10.9. The fourth-order valence-electron chi connectivity index (χ4n) is 0.0997. The molecule has 0 saturated heterocycles. The maximum Gasteiger partial charge on any atom is 0.315 e. The van der Waals surface area contributed by atoms with Gasteiger partial charge in [-0.05, 0) is 12.2 Å². The van der Waals surface area contributed by atoms with Crippen LogP contribution in [0.1, 0.15) is 6.92 Å². The van der Waals surface area contributed by atoms with E-state index in [1.54, 1.807) is 0 Å². The van der Waals surface area contributed by atoms with E-state index < -0.39 is 5.97 Å². The SMILES string of the molecule is CC(=O)OSC(N)=S. The summed E-state index contributed by atoms with van der Waals surface area (Å²) in [6.45, 7) is 1.28. The van der Waals surface area contributed by atoms with E-state index in [-0.39, 0.29) is 4.32 Å². The van der Waals surface area contributed by atoms with Crippen molar-refractivity contribution >= 4 is 34.6 Å². The third-order valence-corrected chi connectivity index (χ3v) is 0.928. The van der Waals surface area contributed by atoms with Gasteiger partial charge < -0.3 is 9.92 Å². The summed E-state index contributed by atoms with van der Waals surface area (Å²) in [6, 6.07) is 0. The van der Waals surface area contributed by atoms with Gasteiger partial charge in [-0.3, -0.25) is 4.79 Å². The molecule has 0 fully saturated rings. The van der Waals surface area contributed by atoms with Crippen LogP contribution in [0.25, 0.3) is 0 Å². The van der Waals surface area contributed by atoms with Crippen molar-refractivity contribution in [2.75, 3.05) is 0 Å². The Morgan fingerprint density at radius 2 is 2.38 bits per heavy atom. The highest BCUT2D eigenvalue weighted by atomic mass is 32.2. The standard InChI is InChI=1S/C3H5NO2S2/c1-2(5)6-8-3(4)7/h1H3,(H2,4,7). The van der Waals surface area contributed by atoms with Gasteiger partial charge >= 0.3 is 5.97 Å². The van der Waals surface area contributed by atoms with Crippen LogP contribution in [-0.2, 0) is 8.98 Å². The molecule has 3 nitrogen and oxygen atoms in total. The van der Waals surface area contributed by atoms with Crippen LogP contribution in [0, 0.1) is 0 Å². The summed E-state index contributed by atoms with van der Waals surface area (Å²) in [5.74, 6) is -0.400. The topological polar surface area (TPSA) is 52.3 Å². The molecule has 0 unspecified atom stereocenters. The third-order valence-electron chi connectivity index (χ3n) is 0.241. The maximum atomic E-state index is 9.99. The minimum atomic E-state index is -0.400. The summed E-state index contributed by atoms with van der Waals surface area (Å²) in [5.41, 5.74) is 4.96. The number of carbonyl (C=O) groups is 1. The molecular weight excluding hydrogens is 146 g/mol. The summed E-state index contributed by atoms with van der Waals surface area (Å²) in [7, 11) is 0. The van der Waals surface area contributed by atoms with Crippen molar-refractivity contribution in [2.24, 2.45) is 5.73 Å². The molecule has 46 valence electrons. The molecule has 0 aromatic rings. The van der Waals surface area contributed by atoms with Crippen LogP contribution < -0.4 is 5.73 Å². The van der Waals surface area contributed by atoms with E-state index in [9.17, 15) is 4.79 Å². The Morgan fingerprint density at radius 1 is 1.88 bits per heavy atom. The molecule has 0 aliphatic rings. The largest absolute Gasteiger partial charge is 0.384 e. The number of nitrogens with two attached hydrogens (primary N) is 1. The predicted molar refractivity (Wildman–Crippen MR) is 36.1 cm³/mol. The van der Waals surface area contributed by atoms with E-state index in [1.165, 1.54) is 6.92 Å². The molecule has 0 aliphatic heterocycles. The molecule has 5 heteroatoms. The molecule has 0 rings (SSSR count). The Morgan fingerprint density at radius 3 is 2.50 bits per heavy atom. The number of rotatable bonds is 0. The van der Waals surface area contributed by atoms with Crippen molar-refractivity contribution in [3.8, 4) is 0 Å². The lowest BCUT2D eigenvalue weighted by molar-refractivity contribution is -0.130. The van der Waals surface area contributed by atoms with E-state index >= 15 is 0 Å². The van der Waals surface area contributed by atoms with Crippen molar-refractivity contribution in [2.45, 2.75) is 6.92 Å². The van der Waals surface area contributed by atoms with Gasteiger partial charge in [0, 0.05) is 6.92 Å². The van der Waals surface area contributed by atoms with Crippen molar-refractivity contribution in [3.05, 3.63) is 0 Å². The van der Waals surface area contributed by atoms with Gasteiger partial charge in [0.15, 0.2) is 4.32 Å². The summed E-state index contributed by atoms with van der Waals surface area (Å²) in [6.07, 6.45) is 0. The molecule has 0 bridgehead atoms. The quantitative estimate of drug-likeness (QED) is 0.402. The zero-order valence-corrected chi connectivity index (χ0v) is 5.84. The second-order valence-electron chi connectivity index (χ2n) is 0.977. The number of carbonyl (C=O) groups excluding carboxylic acids is 1. The van der Waals surface area contributed by atoms with Crippen LogP contribution in [0.2, 0.25) is 0 Å². The molecule has 0 heterocycles. The summed E-state index contributed by atoms with van der Waals surface area (Å²) in [5, 5.41) is 0. The molecule has 2 N–H and O–H groups in total. The normalized spacial score (nSPS) is 8.12. The van der Waals surface area contributed by atoms with Crippen molar-refractivity contribution in [1.82, 2.24) is 0 Å². The summed E-state index contributed by atoms with van der Waals surface area (Å²) >= 11 is 5.08. The molecule has 0 radical (unpaired) electrons. The van der Waals surface area contributed by atoms with E-state index in [1.807, 2.05) is 0 Å². The van der Waals surface area contributed by atoms with Crippen LogP contribution in [0.5, 0.6) is 0 Å². The lowest BCUT2D eigenvalue weighted by Gasteiger charge is -1.92. The first-order valence-corrected chi connectivity index (χ1v) is 2.92. The number of thiocarbonyl (C=S) groups is 1. The van der Waals surface area contributed by atoms with Crippen LogP contribution >= 0.6 is 24.3 Å². The molecule has 0 amide bonds.